The van der Waals surface area contributed by atoms with Crippen molar-refractivity contribution in [3.05, 3.63) is 57.6 Å². The number of aromatic hydroxyl groups is 1. The number of aliphatic hydroxyl groups excluding tert-OH is 1. The number of hydrogen-bond acceptors (Lipinski definition) is 16. The van der Waals surface area contributed by atoms with Gasteiger partial charge in [0, 0.05) is 54.8 Å². The van der Waals surface area contributed by atoms with Gasteiger partial charge in [-0.25, -0.2) is 0 Å². The fourth-order valence-electron chi connectivity index (χ4n) is 9.43. The molecule has 2 aromatic rings. The van der Waals surface area contributed by atoms with E-state index in [1.165, 1.54) is 26.4 Å². The molecule has 16 heteroatoms. The highest BCUT2D eigenvalue weighted by Gasteiger charge is 2.53. The van der Waals surface area contributed by atoms with E-state index in [0.717, 1.165) is 0 Å². The molecule has 0 radical (unpaired) electrons. The Morgan fingerprint density at radius 3 is 2.20 bits per heavy atom. The third-order valence-corrected chi connectivity index (χ3v) is 12.6. The summed E-state index contributed by atoms with van der Waals surface area (Å²) in [7, 11) is 6.34. The minimum Gasteiger partial charge on any atom is -0.507 e. The monoisotopic (exact) mass is 825 g/mol. The number of phenols is 1. The lowest BCUT2D eigenvalue weighted by molar-refractivity contribution is -0.324. The molecule has 5 aliphatic rings. The van der Waals surface area contributed by atoms with Crippen molar-refractivity contribution in [2.45, 2.75) is 145 Å². The molecule has 13 unspecified atom stereocenters. The lowest BCUT2D eigenvalue weighted by atomic mass is 9.67. The molecule has 7 rings (SSSR count). The molecular weight excluding hydrogens is 770 g/mol. The van der Waals surface area contributed by atoms with Gasteiger partial charge < -0.3 is 58.1 Å². The quantitative estimate of drug-likeness (QED) is 0.250. The lowest BCUT2D eigenvalue weighted by Crippen LogP contribution is -2.58. The Morgan fingerprint density at radius 2 is 1.58 bits per heavy atom. The van der Waals surface area contributed by atoms with Crippen molar-refractivity contribution in [3.63, 3.8) is 0 Å². The normalized spacial score (nSPS) is 35.8. The molecule has 3 fully saturated rings. The van der Waals surface area contributed by atoms with Gasteiger partial charge in [0.1, 0.15) is 35.7 Å². The van der Waals surface area contributed by atoms with Gasteiger partial charge in [-0.1, -0.05) is 19.1 Å². The number of methoxy groups -OCH3 is 2. The van der Waals surface area contributed by atoms with Crippen LogP contribution in [0.15, 0.2) is 24.3 Å². The van der Waals surface area contributed by atoms with Gasteiger partial charge in [0.15, 0.2) is 30.4 Å². The summed E-state index contributed by atoms with van der Waals surface area (Å²) in [5.74, 6) is -3.66. The average Bonchev–Trinajstić information content (AvgIpc) is 3.19. The van der Waals surface area contributed by atoms with Gasteiger partial charge in [-0.2, -0.15) is 0 Å². The molecule has 3 saturated heterocycles. The summed E-state index contributed by atoms with van der Waals surface area (Å²) in [4.78, 5) is 55.5. The van der Waals surface area contributed by atoms with E-state index >= 15 is 0 Å². The molecule has 0 saturated carbocycles. The van der Waals surface area contributed by atoms with Crippen molar-refractivity contribution in [2.24, 2.45) is 0 Å². The largest absolute Gasteiger partial charge is 0.507 e. The lowest BCUT2D eigenvalue weighted by Gasteiger charge is -2.48. The van der Waals surface area contributed by atoms with E-state index in [-0.39, 0.29) is 76.6 Å². The number of benzene rings is 2. The Bertz CT molecular complexity index is 1960. The first kappa shape index (κ1) is 43.3. The summed E-state index contributed by atoms with van der Waals surface area (Å²) >= 11 is 0. The highest BCUT2D eigenvalue weighted by Crippen LogP contribution is 2.54. The van der Waals surface area contributed by atoms with Gasteiger partial charge in [-0.05, 0) is 59.0 Å². The van der Waals surface area contributed by atoms with Crippen LogP contribution in [0.4, 0.5) is 0 Å². The van der Waals surface area contributed by atoms with Crippen molar-refractivity contribution in [1.29, 1.82) is 0 Å². The molecule has 0 spiro atoms. The first-order valence-corrected chi connectivity index (χ1v) is 20.3. The Kier molecular flexibility index (Phi) is 12.4. The van der Waals surface area contributed by atoms with Crippen LogP contribution in [0.3, 0.4) is 0 Å². The zero-order valence-electron chi connectivity index (χ0n) is 34.7. The third-order valence-electron chi connectivity index (χ3n) is 12.6. The molecule has 3 aliphatic heterocycles. The summed E-state index contributed by atoms with van der Waals surface area (Å²) in [6.07, 6.45) is -6.46. The SMILES string of the molecule is CCC1(O)CC(OC2CC(N(C)C)C(OC3CC(O)C(OC4CCC(=O)C(C)O4)C(C)O3)C(C)O2)c2c(cc3c(c2O)C(=O)c2c(OC)cccc2C3=O)C1C(=O)OC. The van der Waals surface area contributed by atoms with Crippen LogP contribution in [0.1, 0.15) is 121 Å². The van der Waals surface area contributed by atoms with E-state index in [4.69, 9.17) is 37.9 Å². The van der Waals surface area contributed by atoms with Crippen LogP contribution in [-0.4, -0.2) is 139 Å². The number of esters is 1. The van der Waals surface area contributed by atoms with E-state index < -0.39 is 96.4 Å². The molecule has 59 heavy (non-hydrogen) atoms. The average molecular weight is 826 g/mol. The molecule has 16 nitrogen and oxygen atoms in total. The fourth-order valence-corrected chi connectivity index (χ4v) is 9.43. The van der Waals surface area contributed by atoms with Gasteiger partial charge >= 0.3 is 5.97 Å². The highest BCUT2D eigenvalue weighted by molar-refractivity contribution is 6.30. The van der Waals surface area contributed by atoms with Gasteiger partial charge in [-0.3, -0.25) is 19.2 Å². The predicted octanol–water partition coefficient (Wildman–Crippen LogP) is 3.46. The second-order valence-corrected chi connectivity index (χ2v) is 16.5. The maximum Gasteiger partial charge on any atom is 0.316 e. The number of fused-ring (bicyclic) bond motifs is 3. The van der Waals surface area contributed by atoms with Gasteiger partial charge in [0.25, 0.3) is 0 Å². The Balaban J connectivity index is 1.14. The second kappa shape index (κ2) is 16.9. The van der Waals surface area contributed by atoms with Crippen LogP contribution < -0.4 is 4.74 Å². The third kappa shape index (κ3) is 7.83. The van der Waals surface area contributed by atoms with Crippen molar-refractivity contribution in [1.82, 2.24) is 4.90 Å². The standard InChI is InChI=1S/C43H55NO15/c1-9-43(51)18-29(34-23(36(43)42(50)53-8)15-24-35(39(34)49)38(48)33-22(37(24)47)11-10-12-28(33)52-7)57-31-16-25(44(5)6)40(20(3)55-31)59-32-17-27(46)41(21(4)56-32)58-30-14-13-26(45)19(2)54-30/h10-12,15,19-21,25,27,29-32,36,40-41,46,49,51H,9,13-14,16-18H2,1-8H3. The Labute approximate surface area is 342 Å². The van der Waals surface area contributed by atoms with E-state index in [1.807, 2.05) is 25.9 Å². The number of Topliss-reactive ketones (excluding diaryl/α,β-unsaturated/α-hetero) is 1. The maximum atomic E-state index is 14.2. The molecule has 322 valence electrons. The van der Waals surface area contributed by atoms with Crippen LogP contribution >= 0.6 is 0 Å². The summed E-state index contributed by atoms with van der Waals surface area (Å²) < 4.78 is 48.2. The van der Waals surface area contributed by atoms with Gasteiger partial charge in [-0.15, -0.1) is 0 Å². The topological polar surface area (TPSA) is 206 Å². The summed E-state index contributed by atoms with van der Waals surface area (Å²) in [6, 6.07) is 5.70. The van der Waals surface area contributed by atoms with Crippen LogP contribution in [-0.2, 0) is 42.7 Å². The number of carbonyl (C=O) groups excluding carboxylic acids is 4. The van der Waals surface area contributed by atoms with Crippen molar-refractivity contribution in [2.75, 3.05) is 28.3 Å². The minimum absolute atomic E-state index is 0.00684. The van der Waals surface area contributed by atoms with Crippen LogP contribution in [0.2, 0.25) is 0 Å². The van der Waals surface area contributed by atoms with Crippen LogP contribution in [0.25, 0.3) is 0 Å². The van der Waals surface area contributed by atoms with Crippen LogP contribution in [0.5, 0.6) is 11.5 Å². The summed E-state index contributed by atoms with van der Waals surface area (Å²) in [5.41, 5.74) is -1.84. The molecular formula is C43H55NO15. The molecule has 3 N–H and O–H groups in total. The summed E-state index contributed by atoms with van der Waals surface area (Å²) in [5, 5.41) is 35.4. The van der Waals surface area contributed by atoms with Gasteiger partial charge in [0.2, 0.25) is 5.78 Å². The number of phenolic OH excluding ortho intramolecular Hbond substituents is 1. The Hall–Kier alpha value is -3.84. The molecule has 0 amide bonds. The molecule has 2 aliphatic carbocycles. The number of ketones is 3. The predicted molar refractivity (Wildman–Crippen MR) is 206 cm³/mol. The minimum atomic E-state index is -1.74. The summed E-state index contributed by atoms with van der Waals surface area (Å²) in [6.45, 7) is 7.00. The fraction of sp³-hybridized carbons (Fsp3) is 0.628. The number of aliphatic hydroxyl groups is 2. The van der Waals surface area contributed by atoms with E-state index in [2.05, 4.69) is 0 Å². The molecule has 0 bridgehead atoms. The highest BCUT2D eigenvalue weighted by atomic mass is 16.7. The zero-order chi connectivity index (χ0) is 42.7. The maximum absolute atomic E-state index is 14.2. The number of ether oxygens (including phenoxy) is 8. The second-order valence-electron chi connectivity index (χ2n) is 16.5. The van der Waals surface area contributed by atoms with E-state index in [1.54, 1.807) is 32.9 Å². The first-order chi connectivity index (χ1) is 28.0. The van der Waals surface area contributed by atoms with Crippen molar-refractivity contribution in [3.8, 4) is 11.5 Å². The Morgan fingerprint density at radius 1 is 0.898 bits per heavy atom. The van der Waals surface area contributed by atoms with E-state index in [0.29, 0.717) is 12.8 Å². The smallest absolute Gasteiger partial charge is 0.316 e. The van der Waals surface area contributed by atoms with Crippen LogP contribution in [0, 0.1) is 0 Å². The number of hydrogen-bond donors (Lipinski definition) is 3. The number of nitrogens with zero attached hydrogens (tertiary/aromatic N) is 1. The number of carbonyl (C=O) groups is 4. The molecule has 2 aromatic carbocycles. The molecule has 0 aromatic heterocycles. The van der Waals surface area contributed by atoms with E-state index in [9.17, 15) is 34.5 Å². The van der Waals surface area contributed by atoms with Crippen molar-refractivity contribution < 1.29 is 72.4 Å². The molecule has 13 atom stereocenters. The van der Waals surface area contributed by atoms with Crippen molar-refractivity contribution >= 4 is 23.3 Å². The number of rotatable bonds is 10. The number of likely N-dealkylation sites (N-methyl/N-ethyl adjacent to an activating group) is 1. The molecule has 3 heterocycles. The van der Waals surface area contributed by atoms with Gasteiger partial charge in [0.05, 0.1) is 55.4 Å². The first-order valence-electron chi connectivity index (χ1n) is 20.3. The zero-order valence-corrected chi connectivity index (χ0v) is 34.7.